The Morgan fingerprint density at radius 2 is 0.829 bits per heavy atom. The van der Waals surface area contributed by atoms with Crippen molar-refractivity contribution >= 4 is 59.2 Å². The van der Waals surface area contributed by atoms with Crippen molar-refractivity contribution in [2.24, 2.45) is 57.5 Å². The number of carboxylic acid groups (broad SMARTS) is 1. The first-order valence-electron chi connectivity index (χ1n) is 24.8. The minimum absolute atomic E-state index is 0.0186. The Kier molecular flexibility index (Phi) is 31.2. The normalized spacial score (nSPS) is 15.2. The van der Waals surface area contributed by atoms with E-state index in [4.69, 9.17) is 22.9 Å². The SMILES string of the molecule is CC[C@H](C)[C@H](NC(=O)[C@H](CCCN=C(N)N)NC(=O)[C@H](CC(C)C)NC(=O)CN)C(=O)N[C@@H](CC(C)C)C(=O)N[C@@H](CC(C)C)C(=O)N[C@@H](CC(C)C)C(=O)N[C@@H](CCCCN)C(=O)N[C@@H](C)C(=O)O. The van der Waals surface area contributed by atoms with Gasteiger partial charge in [0.2, 0.25) is 47.3 Å². The topological polar surface area (TPSA) is 387 Å². The van der Waals surface area contributed by atoms with Gasteiger partial charge in [-0.2, -0.15) is 0 Å². The van der Waals surface area contributed by atoms with Crippen LogP contribution in [0.5, 0.6) is 0 Å². The largest absolute Gasteiger partial charge is 0.480 e. The summed E-state index contributed by atoms with van der Waals surface area (Å²) < 4.78 is 0. The van der Waals surface area contributed by atoms with E-state index < -0.39 is 107 Å². The predicted molar refractivity (Wildman–Crippen MR) is 268 cm³/mol. The number of nitrogens with zero attached hydrogens (tertiary/aromatic N) is 1. The summed E-state index contributed by atoms with van der Waals surface area (Å²) in [5.41, 5.74) is 22.1. The van der Waals surface area contributed by atoms with Crippen LogP contribution < -0.4 is 65.5 Å². The predicted octanol–water partition coefficient (Wildman–Crippen LogP) is -0.659. The van der Waals surface area contributed by atoms with Gasteiger partial charge in [0.05, 0.1) is 6.54 Å². The van der Waals surface area contributed by atoms with Crippen LogP contribution in [-0.2, 0) is 43.2 Å². The van der Waals surface area contributed by atoms with E-state index in [2.05, 4.69) is 47.5 Å². The fraction of sp³-hybridized carbons (Fsp3) is 0.787. The number of hydrogen-bond acceptors (Lipinski definition) is 12. The summed E-state index contributed by atoms with van der Waals surface area (Å²) >= 11 is 0. The number of amides is 8. The Bertz CT molecular complexity index is 1720. The van der Waals surface area contributed by atoms with Crippen molar-refractivity contribution in [2.45, 2.75) is 189 Å². The molecule has 0 saturated heterocycles. The average molecular weight is 996 g/mol. The summed E-state index contributed by atoms with van der Waals surface area (Å²) in [6, 6.07) is -9.27. The molecule has 8 amide bonds. The van der Waals surface area contributed by atoms with E-state index in [0.29, 0.717) is 25.8 Å². The summed E-state index contributed by atoms with van der Waals surface area (Å²) in [5, 5.41) is 30.9. The molecule has 0 saturated carbocycles. The highest BCUT2D eigenvalue weighted by Crippen LogP contribution is 2.15. The monoisotopic (exact) mass is 996 g/mol. The summed E-state index contributed by atoms with van der Waals surface area (Å²) in [4.78, 5) is 125. The highest BCUT2D eigenvalue weighted by Gasteiger charge is 2.36. The number of nitrogens with two attached hydrogens (primary N) is 4. The van der Waals surface area contributed by atoms with E-state index >= 15 is 0 Å². The van der Waals surface area contributed by atoms with E-state index in [1.54, 1.807) is 6.92 Å². The van der Waals surface area contributed by atoms with Crippen molar-refractivity contribution in [2.75, 3.05) is 19.6 Å². The van der Waals surface area contributed by atoms with E-state index in [0.717, 1.165) is 0 Å². The molecule has 0 bridgehead atoms. The second-order valence-corrected chi connectivity index (χ2v) is 19.8. The number of carbonyl (C=O) groups excluding carboxylic acids is 8. The molecule has 23 nitrogen and oxygen atoms in total. The number of aliphatic carboxylic acids is 1. The van der Waals surface area contributed by atoms with Crippen LogP contribution >= 0.6 is 0 Å². The molecule has 70 heavy (non-hydrogen) atoms. The van der Waals surface area contributed by atoms with Crippen LogP contribution in [0.25, 0.3) is 0 Å². The Hall–Kier alpha value is -5.58. The van der Waals surface area contributed by atoms with E-state index in [1.165, 1.54) is 6.92 Å². The summed E-state index contributed by atoms with van der Waals surface area (Å²) in [5.74, 6) is -7.65. The van der Waals surface area contributed by atoms with Crippen molar-refractivity contribution in [1.82, 2.24) is 42.5 Å². The minimum Gasteiger partial charge on any atom is -0.480 e. The first kappa shape index (κ1) is 64.4. The molecule has 0 aliphatic rings. The van der Waals surface area contributed by atoms with Gasteiger partial charge in [0.25, 0.3) is 0 Å². The van der Waals surface area contributed by atoms with Crippen LogP contribution in [0, 0.1) is 29.6 Å². The fourth-order valence-electron chi connectivity index (χ4n) is 7.28. The zero-order valence-corrected chi connectivity index (χ0v) is 43.6. The maximum absolute atomic E-state index is 14.3. The Morgan fingerprint density at radius 3 is 1.19 bits per heavy atom. The van der Waals surface area contributed by atoms with Crippen molar-refractivity contribution in [3.8, 4) is 0 Å². The fourth-order valence-corrected chi connectivity index (χ4v) is 7.28. The molecule has 0 unspecified atom stereocenters. The van der Waals surface area contributed by atoms with Crippen LogP contribution in [0.4, 0.5) is 0 Å². The molecular formula is C47H89N13O10. The zero-order valence-electron chi connectivity index (χ0n) is 43.6. The molecule has 0 heterocycles. The third kappa shape index (κ3) is 26.4. The third-order valence-corrected chi connectivity index (χ3v) is 11.2. The molecule has 0 aromatic carbocycles. The van der Waals surface area contributed by atoms with Crippen LogP contribution in [0.3, 0.4) is 0 Å². The molecule has 23 heteroatoms. The van der Waals surface area contributed by atoms with Gasteiger partial charge < -0.3 is 70.6 Å². The molecule has 0 aliphatic heterocycles. The number of rotatable bonds is 35. The molecule has 0 radical (unpaired) electrons. The van der Waals surface area contributed by atoms with E-state index in [9.17, 15) is 48.3 Å². The zero-order chi connectivity index (χ0) is 53.8. The molecular weight excluding hydrogens is 907 g/mol. The molecule has 0 spiro atoms. The van der Waals surface area contributed by atoms with Gasteiger partial charge in [0, 0.05) is 6.54 Å². The molecule has 0 fully saturated rings. The van der Waals surface area contributed by atoms with Crippen LogP contribution in [0.1, 0.15) is 140 Å². The van der Waals surface area contributed by atoms with E-state index in [-0.39, 0.29) is 87.7 Å². The standard InChI is InChI=1S/C47H89N13O10/c1-12-29(10)38(60-40(63)32(17-15-19-52-47(50)51)56-41(64)33(20-25(2)3)54-37(61)24-49)45(68)59-36(23-28(8)9)44(67)58-35(22-27(6)7)43(66)57-34(21-26(4)5)42(65)55-31(16-13-14-18-48)39(62)53-30(11)46(69)70/h25-36,38H,12-24,48-49H2,1-11H3,(H,53,62)(H,54,61)(H,55,65)(H,56,64)(H,57,66)(H,58,67)(H,59,68)(H,60,63)(H,69,70)(H4,50,51,52)/t29-,30-,31-,32-,33-,34-,35-,36-,38-/m0/s1. The van der Waals surface area contributed by atoms with Gasteiger partial charge in [-0.25, -0.2) is 0 Å². The quantitative estimate of drug-likeness (QED) is 0.0213. The molecule has 0 aromatic heterocycles. The van der Waals surface area contributed by atoms with Crippen molar-refractivity contribution in [3.63, 3.8) is 0 Å². The number of carbonyl (C=O) groups is 9. The number of aliphatic imine (C=N–C) groups is 1. The smallest absolute Gasteiger partial charge is 0.325 e. The van der Waals surface area contributed by atoms with Gasteiger partial charge >= 0.3 is 5.97 Å². The lowest BCUT2D eigenvalue weighted by Crippen LogP contribution is -2.61. The lowest BCUT2D eigenvalue weighted by Gasteiger charge is -2.30. The third-order valence-electron chi connectivity index (χ3n) is 11.2. The maximum Gasteiger partial charge on any atom is 0.325 e. The molecule has 402 valence electrons. The summed E-state index contributed by atoms with van der Waals surface area (Å²) in [7, 11) is 0. The maximum atomic E-state index is 14.3. The van der Waals surface area contributed by atoms with Crippen LogP contribution in [-0.4, -0.2) is 132 Å². The highest BCUT2D eigenvalue weighted by molar-refractivity contribution is 5.98. The van der Waals surface area contributed by atoms with Gasteiger partial charge in [-0.15, -0.1) is 0 Å². The van der Waals surface area contributed by atoms with Crippen molar-refractivity contribution in [1.29, 1.82) is 0 Å². The second kappa shape index (κ2) is 33.9. The van der Waals surface area contributed by atoms with Crippen molar-refractivity contribution < 1.29 is 48.3 Å². The Balaban J connectivity index is 6.72. The molecule has 17 N–H and O–H groups in total. The molecule has 0 aromatic rings. The molecule has 0 rings (SSSR count). The minimum atomic E-state index is -1.26. The van der Waals surface area contributed by atoms with Crippen LogP contribution in [0.15, 0.2) is 4.99 Å². The summed E-state index contributed by atoms with van der Waals surface area (Å²) in [6.07, 6.45) is 2.57. The van der Waals surface area contributed by atoms with Gasteiger partial charge in [-0.05, 0) is 101 Å². The van der Waals surface area contributed by atoms with Gasteiger partial charge in [0.1, 0.15) is 48.3 Å². The lowest BCUT2D eigenvalue weighted by atomic mass is 9.95. The first-order chi connectivity index (χ1) is 32.7. The van der Waals surface area contributed by atoms with E-state index in [1.807, 2.05) is 62.3 Å². The van der Waals surface area contributed by atoms with Gasteiger partial charge in [-0.1, -0.05) is 75.7 Å². The second-order valence-electron chi connectivity index (χ2n) is 19.8. The van der Waals surface area contributed by atoms with Crippen molar-refractivity contribution in [3.05, 3.63) is 0 Å². The average Bonchev–Trinajstić information content (AvgIpc) is 3.26. The van der Waals surface area contributed by atoms with Crippen LogP contribution in [0.2, 0.25) is 0 Å². The number of nitrogens with one attached hydrogen (secondary N) is 8. The molecule has 0 aliphatic carbocycles. The summed E-state index contributed by atoms with van der Waals surface area (Å²) in [6.45, 7) is 19.8. The molecule has 9 atom stereocenters. The number of guanidine groups is 1. The number of unbranched alkanes of at least 4 members (excludes halogenated alkanes) is 1. The van der Waals surface area contributed by atoms with Gasteiger partial charge in [-0.3, -0.25) is 48.1 Å². The Labute approximate surface area is 414 Å². The van der Waals surface area contributed by atoms with Gasteiger partial charge in [0.15, 0.2) is 5.96 Å². The first-order valence-corrected chi connectivity index (χ1v) is 24.8. The highest BCUT2D eigenvalue weighted by atomic mass is 16.4. The number of carboxylic acids is 1. The number of hydrogen-bond donors (Lipinski definition) is 13. The lowest BCUT2D eigenvalue weighted by molar-refractivity contribution is -0.142. The Morgan fingerprint density at radius 1 is 0.471 bits per heavy atom.